The molecule has 0 spiro atoms. The minimum absolute atomic E-state index is 0.201. The highest BCUT2D eigenvalue weighted by Crippen LogP contribution is 2.21. The largest absolute Gasteiger partial charge is 0.393 e. The predicted molar refractivity (Wildman–Crippen MR) is 57.1 cm³/mol. The van der Waals surface area contributed by atoms with Crippen LogP contribution in [0.4, 0.5) is 0 Å². The van der Waals surface area contributed by atoms with Gasteiger partial charge in [-0.2, -0.15) is 0 Å². The Labute approximate surface area is 90.5 Å². The maximum Gasteiger partial charge on any atom is 0.317 e. The standard InChI is InChI=1S/C12H18O3/c1-2-3-4-5-6-7-8-10-9-11(13)15-12(10)14/h5-6,10H,2-4,7-9H2,1H3/b6-5-. The molecule has 1 rings (SSSR count). The van der Waals surface area contributed by atoms with E-state index in [2.05, 4.69) is 23.8 Å². The Hall–Kier alpha value is -1.12. The fraction of sp³-hybridized carbons (Fsp3) is 0.667. The minimum atomic E-state index is -0.375. The predicted octanol–water partition coefficient (Wildman–Crippen LogP) is 2.60. The van der Waals surface area contributed by atoms with Crippen LogP contribution in [0.5, 0.6) is 0 Å². The van der Waals surface area contributed by atoms with Crippen LogP contribution in [-0.2, 0) is 14.3 Å². The fourth-order valence-electron chi connectivity index (χ4n) is 1.60. The summed E-state index contributed by atoms with van der Waals surface area (Å²) in [6, 6.07) is 0. The van der Waals surface area contributed by atoms with Crippen molar-refractivity contribution < 1.29 is 14.3 Å². The molecule has 3 nitrogen and oxygen atoms in total. The van der Waals surface area contributed by atoms with E-state index < -0.39 is 0 Å². The van der Waals surface area contributed by atoms with Gasteiger partial charge < -0.3 is 4.74 Å². The lowest BCUT2D eigenvalue weighted by molar-refractivity contribution is -0.153. The third kappa shape index (κ3) is 4.28. The van der Waals surface area contributed by atoms with Crippen molar-refractivity contribution in [3.63, 3.8) is 0 Å². The summed E-state index contributed by atoms with van der Waals surface area (Å²) < 4.78 is 4.47. The highest BCUT2D eigenvalue weighted by atomic mass is 16.6. The third-order valence-electron chi connectivity index (χ3n) is 2.53. The average Bonchev–Trinajstić information content (AvgIpc) is 2.51. The third-order valence-corrected chi connectivity index (χ3v) is 2.53. The zero-order chi connectivity index (χ0) is 11.1. The summed E-state index contributed by atoms with van der Waals surface area (Å²) in [7, 11) is 0. The molecule has 3 heteroatoms. The van der Waals surface area contributed by atoms with Crippen LogP contribution in [0.1, 0.15) is 45.4 Å². The molecule has 0 radical (unpaired) electrons. The van der Waals surface area contributed by atoms with Crippen LogP contribution in [0.2, 0.25) is 0 Å². The number of cyclic esters (lactones) is 2. The quantitative estimate of drug-likeness (QED) is 0.293. The van der Waals surface area contributed by atoms with Gasteiger partial charge >= 0.3 is 11.9 Å². The first-order chi connectivity index (χ1) is 7.24. The highest BCUT2D eigenvalue weighted by molar-refractivity contribution is 5.94. The summed E-state index contributed by atoms with van der Waals surface area (Å²) in [5.74, 6) is -0.921. The first-order valence-electron chi connectivity index (χ1n) is 5.63. The van der Waals surface area contributed by atoms with Crippen LogP contribution in [0.15, 0.2) is 12.2 Å². The summed E-state index contributed by atoms with van der Waals surface area (Å²) in [5, 5.41) is 0. The molecule has 1 unspecified atom stereocenters. The molecule has 0 bridgehead atoms. The number of ether oxygens (including phenoxy) is 1. The van der Waals surface area contributed by atoms with E-state index in [9.17, 15) is 9.59 Å². The van der Waals surface area contributed by atoms with Crippen molar-refractivity contribution in [2.75, 3.05) is 0 Å². The van der Waals surface area contributed by atoms with Gasteiger partial charge in [-0.05, 0) is 19.3 Å². The van der Waals surface area contributed by atoms with Crippen molar-refractivity contribution in [1.29, 1.82) is 0 Å². The molecule has 0 amide bonds. The van der Waals surface area contributed by atoms with Crippen molar-refractivity contribution in [3.05, 3.63) is 12.2 Å². The molecule has 0 N–H and O–H groups in total. The number of rotatable bonds is 6. The van der Waals surface area contributed by atoms with E-state index in [1.165, 1.54) is 12.8 Å². The van der Waals surface area contributed by atoms with Gasteiger partial charge in [-0.1, -0.05) is 31.9 Å². The Kier molecular flexibility index (Phi) is 5.08. The molecule has 1 aliphatic heterocycles. The van der Waals surface area contributed by atoms with Crippen LogP contribution in [0, 0.1) is 5.92 Å². The van der Waals surface area contributed by atoms with Gasteiger partial charge in [0, 0.05) is 0 Å². The maximum atomic E-state index is 11.1. The van der Waals surface area contributed by atoms with Gasteiger partial charge in [0.2, 0.25) is 0 Å². The van der Waals surface area contributed by atoms with Crippen LogP contribution < -0.4 is 0 Å². The summed E-state index contributed by atoms with van der Waals surface area (Å²) >= 11 is 0. The molecule has 0 saturated carbocycles. The molecular weight excluding hydrogens is 192 g/mol. The lowest BCUT2D eigenvalue weighted by Crippen LogP contribution is -2.06. The number of carbonyl (C=O) groups is 2. The van der Waals surface area contributed by atoms with Gasteiger partial charge in [-0.25, -0.2) is 0 Å². The lowest BCUT2D eigenvalue weighted by atomic mass is 10.0. The van der Waals surface area contributed by atoms with E-state index in [1.54, 1.807) is 0 Å². The number of esters is 2. The molecule has 1 fully saturated rings. The second-order valence-corrected chi connectivity index (χ2v) is 3.89. The number of allylic oxidation sites excluding steroid dienone is 2. The van der Waals surface area contributed by atoms with E-state index >= 15 is 0 Å². The maximum absolute atomic E-state index is 11.1. The van der Waals surface area contributed by atoms with Gasteiger partial charge in [0.1, 0.15) is 0 Å². The van der Waals surface area contributed by atoms with Crippen LogP contribution >= 0.6 is 0 Å². The monoisotopic (exact) mass is 210 g/mol. The van der Waals surface area contributed by atoms with Crippen molar-refractivity contribution >= 4 is 11.9 Å². The Balaban J connectivity index is 2.12. The topological polar surface area (TPSA) is 43.4 Å². The molecule has 1 saturated heterocycles. The first kappa shape index (κ1) is 12.0. The summed E-state index contributed by atoms with van der Waals surface area (Å²) in [6.45, 7) is 2.16. The Morgan fingerprint density at radius 1 is 1.33 bits per heavy atom. The van der Waals surface area contributed by atoms with E-state index in [0.29, 0.717) is 0 Å². The van der Waals surface area contributed by atoms with Crippen molar-refractivity contribution in [3.8, 4) is 0 Å². The van der Waals surface area contributed by atoms with Crippen molar-refractivity contribution in [2.24, 2.45) is 5.92 Å². The Bertz CT molecular complexity index is 256. The number of hydrogen-bond donors (Lipinski definition) is 0. The molecule has 1 heterocycles. The van der Waals surface area contributed by atoms with Crippen LogP contribution in [0.3, 0.4) is 0 Å². The Morgan fingerprint density at radius 2 is 2.07 bits per heavy atom. The molecule has 0 aliphatic carbocycles. The zero-order valence-corrected chi connectivity index (χ0v) is 9.20. The Morgan fingerprint density at radius 3 is 2.67 bits per heavy atom. The molecule has 0 aromatic carbocycles. The van der Waals surface area contributed by atoms with Gasteiger partial charge in [-0.3, -0.25) is 9.59 Å². The van der Waals surface area contributed by atoms with Crippen molar-refractivity contribution in [1.82, 2.24) is 0 Å². The smallest absolute Gasteiger partial charge is 0.317 e. The molecule has 0 aromatic heterocycles. The number of hydrogen-bond acceptors (Lipinski definition) is 3. The van der Waals surface area contributed by atoms with E-state index in [-0.39, 0.29) is 24.3 Å². The fourth-order valence-corrected chi connectivity index (χ4v) is 1.60. The van der Waals surface area contributed by atoms with Crippen molar-refractivity contribution in [2.45, 2.75) is 45.4 Å². The molecule has 0 aromatic rings. The van der Waals surface area contributed by atoms with Crippen LogP contribution in [0.25, 0.3) is 0 Å². The van der Waals surface area contributed by atoms with Gasteiger partial charge in [0.25, 0.3) is 0 Å². The zero-order valence-electron chi connectivity index (χ0n) is 9.20. The highest BCUT2D eigenvalue weighted by Gasteiger charge is 2.32. The van der Waals surface area contributed by atoms with E-state index in [0.717, 1.165) is 19.3 Å². The number of carbonyl (C=O) groups excluding carboxylic acids is 2. The normalized spacial score (nSPS) is 21.3. The summed E-state index contributed by atoms with van der Waals surface area (Å²) in [6.07, 6.45) is 9.60. The number of unbranched alkanes of at least 4 members (excludes halogenated alkanes) is 2. The minimum Gasteiger partial charge on any atom is -0.393 e. The first-order valence-corrected chi connectivity index (χ1v) is 5.63. The molecule has 1 aliphatic rings. The lowest BCUT2D eigenvalue weighted by Gasteiger charge is -1.99. The van der Waals surface area contributed by atoms with Gasteiger partial charge in [-0.15, -0.1) is 0 Å². The SMILES string of the molecule is CCCC/C=C\CCC1CC(=O)OC1=O. The second-order valence-electron chi connectivity index (χ2n) is 3.89. The molecule has 15 heavy (non-hydrogen) atoms. The van der Waals surface area contributed by atoms with Gasteiger partial charge in [0.05, 0.1) is 12.3 Å². The average molecular weight is 210 g/mol. The van der Waals surface area contributed by atoms with Gasteiger partial charge in [0.15, 0.2) is 0 Å². The van der Waals surface area contributed by atoms with E-state index in [4.69, 9.17) is 0 Å². The van der Waals surface area contributed by atoms with Crippen LogP contribution in [-0.4, -0.2) is 11.9 Å². The second kappa shape index (κ2) is 6.38. The van der Waals surface area contributed by atoms with E-state index in [1.807, 2.05) is 0 Å². The summed E-state index contributed by atoms with van der Waals surface area (Å²) in [5.41, 5.74) is 0. The molecule has 84 valence electrons. The summed E-state index contributed by atoms with van der Waals surface area (Å²) in [4.78, 5) is 21.9. The molecular formula is C12H18O3. The molecule has 1 atom stereocenters.